The molecular formula is C12H12BrN3O. The summed E-state index contributed by atoms with van der Waals surface area (Å²) in [4.78, 5) is 15.5. The van der Waals surface area contributed by atoms with Crippen LogP contribution in [0.25, 0.3) is 10.9 Å². The van der Waals surface area contributed by atoms with Crippen molar-refractivity contribution in [2.75, 3.05) is 18.9 Å². The second kappa shape index (κ2) is 5.14. The molecule has 2 aromatic rings. The minimum atomic E-state index is -0.0564. The van der Waals surface area contributed by atoms with Crippen molar-refractivity contribution in [3.8, 4) is 0 Å². The highest BCUT2D eigenvalue weighted by molar-refractivity contribution is 9.10. The zero-order valence-electron chi connectivity index (χ0n) is 9.33. The Balaban J connectivity index is 2.31. The summed E-state index contributed by atoms with van der Waals surface area (Å²) in [6, 6.07) is 7.82. The van der Waals surface area contributed by atoms with Crippen molar-refractivity contribution >= 4 is 38.4 Å². The number of amides is 1. The first-order valence-corrected chi connectivity index (χ1v) is 5.99. The van der Waals surface area contributed by atoms with Gasteiger partial charge in [-0.1, -0.05) is 12.1 Å². The molecule has 1 amide bonds. The minimum absolute atomic E-state index is 0.0564. The van der Waals surface area contributed by atoms with Gasteiger partial charge < -0.3 is 10.6 Å². The molecule has 0 aliphatic rings. The molecule has 2 N–H and O–H groups in total. The SMILES string of the molecule is CNC(=O)CNc1cccc2cc(Br)cnc12. The normalized spacial score (nSPS) is 10.2. The average molecular weight is 294 g/mol. The lowest BCUT2D eigenvalue weighted by Crippen LogP contribution is -2.26. The molecule has 0 radical (unpaired) electrons. The van der Waals surface area contributed by atoms with E-state index in [-0.39, 0.29) is 12.5 Å². The Morgan fingerprint density at radius 3 is 3.06 bits per heavy atom. The van der Waals surface area contributed by atoms with Crippen LogP contribution in [0.3, 0.4) is 0 Å². The summed E-state index contributed by atoms with van der Waals surface area (Å²) in [5.74, 6) is -0.0564. The summed E-state index contributed by atoms with van der Waals surface area (Å²) < 4.78 is 0.938. The fourth-order valence-electron chi connectivity index (χ4n) is 1.54. The zero-order valence-corrected chi connectivity index (χ0v) is 10.9. The minimum Gasteiger partial charge on any atom is -0.374 e. The number of aromatic nitrogens is 1. The zero-order chi connectivity index (χ0) is 12.3. The van der Waals surface area contributed by atoms with E-state index in [4.69, 9.17) is 0 Å². The van der Waals surface area contributed by atoms with Crippen molar-refractivity contribution in [2.24, 2.45) is 0 Å². The third-order valence-corrected chi connectivity index (χ3v) is 2.83. The quantitative estimate of drug-likeness (QED) is 0.912. The van der Waals surface area contributed by atoms with Gasteiger partial charge in [0.2, 0.25) is 5.91 Å². The molecule has 0 unspecified atom stereocenters. The number of anilines is 1. The van der Waals surface area contributed by atoms with E-state index in [9.17, 15) is 4.79 Å². The molecule has 0 bridgehead atoms. The first-order valence-electron chi connectivity index (χ1n) is 5.19. The Labute approximate surface area is 108 Å². The number of para-hydroxylation sites is 1. The van der Waals surface area contributed by atoms with Gasteiger partial charge in [0.25, 0.3) is 0 Å². The average Bonchev–Trinajstić information content (AvgIpc) is 2.35. The van der Waals surface area contributed by atoms with Crippen molar-refractivity contribution in [1.82, 2.24) is 10.3 Å². The summed E-state index contributed by atoms with van der Waals surface area (Å²) in [6.45, 7) is 0.243. The summed E-state index contributed by atoms with van der Waals surface area (Å²) in [6.07, 6.45) is 1.74. The standard InChI is InChI=1S/C12H12BrN3O/c1-14-11(17)7-15-10-4-2-3-8-5-9(13)6-16-12(8)10/h2-6,15H,7H2,1H3,(H,14,17). The number of hydrogen-bond donors (Lipinski definition) is 2. The second-order valence-corrected chi connectivity index (χ2v) is 4.47. The highest BCUT2D eigenvalue weighted by atomic mass is 79.9. The number of carbonyl (C=O) groups is 1. The van der Waals surface area contributed by atoms with Crippen LogP contribution < -0.4 is 10.6 Å². The fraction of sp³-hybridized carbons (Fsp3) is 0.167. The number of likely N-dealkylation sites (N-methyl/N-ethyl adjacent to an activating group) is 1. The van der Waals surface area contributed by atoms with E-state index in [0.717, 1.165) is 21.1 Å². The molecule has 0 aliphatic heterocycles. The summed E-state index contributed by atoms with van der Waals surface area (Å²) in [7, 11) is 1.61. The van der Waals surface area contributed by atoms with E-state index >= 15 is 0 Å². The van der Waals surface area contributed by atoms with Gasteiger partial charge in [0.15, 0.2) is 0 Å². The van der Waals surface area contributed by atoms with Crippen LogP contribution in [-0.4, -0.2) is 24.5 Å². The third-order valence-electron chi connectivity index (χ3n) is 2.40. The summed E-state index contributed by atoms with van der Waals surface area (Å²) in [5, 5.41) is 6.66. The predicted octanol–water partition coefficient (Wildman–Crippen LogP) is 2.16. The number of rotatable bonds is 3. The van der Waals surface area contributed by atoms with Gasteiger partial charge in [-0.25, -0.2) is 0 Å². The molecule has 2 rings (SSSR count). The lowest BCUT2D eigenvalue weighted by atomic mass is 10.2. The van der Waals surface area contributed by atoms with Crippen LogP contribution in [0.5, 0.6) is 0 Å². The van der Waals surface area contributed by atoms with Crippen molar-refractivity contribution in [3.63, 3.8) is 0 Å². The number of carbonyl (C=O) groups excluding carboxylic acids is 1. The molecule has 88 valence electrons. The molecule has 0 saturated carbocycles. The van der Waals surface area contributed by atoms with Gasteiger partial charge >= 0.3 is 0 Å². The van der Waals surface area contributed by atoms with Crippen molar-refractivity contribution in [3.05, 3.63) is 34.9 Å². The van der Waals surface area contributed by atoms with Crippen LogP contribution in [0.2, 0.25) is 0 Å². The Hall–Kier alpha value is -1.62. The summed E-state index contributed by atoms with van der Waals surface area (Å²) >= 11 is 3.38. The van der Waals surface area contributed by atoms with Crippen LogP contribution >= 0.6 is 15.9 Å². The molecular weight excluding hydrogens is 282 g/mol. The lowest BCUT2D eigenvalue weighted by molar-refractivity contribution is -0.118. The van der Waals surface area contributed by atoms with Gasteiger partial charge in [-0.05, 0) is 28.1 Å². The topological polar surface area (TPSA) is 54.0 Å². The highest BCUT2D eigenvalue weighted by Crippen LogP contribution is 2.23. The maximum atomic E-state index is 11.2. The first-order chi connectivity index (χ1) is 8.20. The molecule has 1 heterocycles. The number of pyridine rings is 1. The first kappa shape index (κ1) is 11.9. The number of hydrogen-bond acceptors (Lipinski definition) is 3. The van der Waals surface area contributed by atoms with Crippen LogP contribution in [-0.2, 0) is 4.79 Å². The van der Waals surface area contributed by atoms with Crippen LogP contribution in [0.1, 0.15) is 0 Å². The smallest absolute Gasteiger partial charge is 0.239 e. The number of halogens is 1. The second-order valence-electron chi connectivity index (χ2n) is 3.56. The van der Waals surface area contributed by atoms with Gasteiger partial charge in [-0.2, -0.15) is 0 Å². The fourth-order valence-corrected chi connectivity index (χ4v) is 1.89. The van der Waals surface area contributed by atoms with E-state index in [2.05, 4.69) is 31.5 Å². The molecule has 0 aliphatic carbocycles. The number of benzene rings is 1. The van der Waals surface area contributed by atoms with E-state index < -0.39 is 0 Å². The van der Waals surface area contributed by atoms with E-state index in [1.807, 2.05) is 24.3 Å². The maximum absolute atomic E-state index is 11.2. The Bertz CT molecular complexity index is 556. The number of nitrogens with zero attached hydrogens (tertiary/aromatic N) is 1. The monoisotopic (exact) mass is 293 g/mol. The number of fused-ring (bicyclic) bond motifs is 1. The molecule has 0 fully saturated rings. The Kier molecular flexibility index (Phi) is 3.58. The van der Waals surface area contributed by atoms with Crippen molar-refractivity contribution in [1.29, 1.82) is 0 Å². The predicted molar refractivity (Wildman–Crippen MR) is 72.0 cm³/mol. The number of nitrogens with one attached hydrogen (secondary N) is 2. The largest absolute Gasteiger partial charge is 0.374 e. The van der Waals surface area contributed by atoms with Crippen LogP contribution in [0.4, 0.5) is 5.69 Å². The highest BCUT2D eigenvalue weighted by Gasteiger charge is 2.04. The van der Waals surface area contributed by atoms with Gasteiger partial charge in [0.05, 0.1) is 17.7 Å². The molecule has 0 saturated heterocycles. The summed E-state index contributed by atoms with van der Waals surface area (Å²) in [5.41, 5.74) is 1.72. The van der Waals surface area contributed by atoms with Gasteiger partial charge in [-0.3, -0.25) is 9.78 Å². The Morgan fingerprint density at radius 2 is 2.29 bits per heavy atom. The molecule has 0 spiro atoms. The molecule has 1 aromatic carbocycles. The molecule has 4 nitrogen and oxygen atoms in total. The lowest BCUT2D eigenvalue weighted by Gasteiger charge is -2.08. The van der Waals surface area contributed by atoms with Crippen molar-refractivity contribution in [2.45, 2.75) is 0 Å². The third kappa shape index (κ3) is 2.74. The molecule has 1 aromatic heterocycles. The van der Waals surface area contributed by atoms with Crippen LogP contribution in [0.15, 0.2) is 34.9 Å². The van der Waals surface area contributed by atoms with Gasteiger partial charge in [0.1, 0.15) is 0 Å². The van der Waals surface area contributed by atoms with Crippen molar-refractivity contribution < 1.29 is 4.79 Å². The van der Waals surface area contributed by atoms with E-state index in [1.54, 1.807) is 13.2 Å². The maximum Gasteiger partial charge on any atom is 0.239 e. The van der Waals surface area contributed by atoms with E-state index in [0.29, 0.717) is 0 Å². The Morgan fingerprint density at radius 1 is 1.47 bits per heavy atom. The van der Waals surface area contributed by atoms with Gasteiger partial charge in [0, 0.05) is 23.1 Å². The van der Waals surface area contributed by atoms with E-state index in [1.165, 1.54) is 0 Å². The van der Waals surface area contributed by atoms with Gasteiger partial charge in [-0.15, -0.1) is 0 Å². The van der Waals surface area contributed by atoms with Crippen LogP contribution in [0, 0.1) is 0 Å². The molecule has 0 atom stereocenters. The molecule has 5 heteroatoms. The molecule has 17 heavy (non-hydrogen) atoms.